The molecule has 0 aromatic heterocycles. The van der Waals surface area contributed by atoms with Gasteiger partial charge in [0, 0.05) is 45.6 Å². The Kier molecular flexibility index (Phi) is 11.4. The zero-order valence-electron chi connectivity index (χ0n) is 20.6. The maximum Gasteiger partial charge on any atom is 0.243 e. The van der Waals surface area contributed by atoms with Crippen LogP contribution in [0.1, 0.15) is 37.8 Å². The molecular weight excluding hydrogens is 556 g/mol. The number of halogens is 2. The fourth-order valence-electron chi connectivity index (χ4n) is 3.71. The lowest BCUT2D eigenvalue weighted by molar-refractivity contribution is -0.141. The maximum atomic E-state index is 13.7. The van der Waals surface area contributed by atoms with Gasteiger partial charge in [-0.2, -0.15) is 0 Å². The van der Waals surface area contributed by atoms with Gasteiger partial charge in [0.1, 0.15) is 6.04 Å². The third kappa shape index (κ3) is 8.99. The van der Waals surface area contributed by atoms with Crippen LogP contribution in [0.25, 0.3) is 0 Å². The van der Waals surface area contributed by atoms with Gasteiger partial charge in [-0.3, -0.25) is 9.59 Å². The third-order valence-corrected chi connectivity index (χ3v) is 7.73. The molecule has 3 aromatic rings. The van der Waals surface area contributed by atoms with Gasteiger partial charge in [0.2, 0.25) is 11.8 Å². The number of carbonyl (C=O) groups excluding carboxylic acids is 2. The van der Waals surface area contributed by atoms with Crippen molar-refractivity contribution >= 4 is 51.1 Å². The Morgan fingerprint density at radius 2 is 1.64 bits per heavy atom. The highest BCUT2D eigenvalue weighted by molar-refractivity contribution is 9.10. The molecule has 36 heavy (non-hydrogen) atoms. The van der Waals surface area contributed by atoms with E-state index in [-0.39, 0.29) is 17.9 Å². The molecule has 3 aromatic carbocycles. The van der Waals surface area contributed by atoms with Crippen molar-refractivity contribution in [1.29, 1.82) is 0 Å². The number of hydrogen-bond donors (Lipinski definition) is 1. The van der Waals surface area contributed by atoms with Gasteiger partial charge in [0.05, 0.1) is 0 Å². The first kappa shape index (κ1) is 28.3. The Hall–Kier alpha value is -2.28. The van der Waals surface area contributed by atoms with Crippen LogP contribution < -0.4 is 5.32 Å². The van der Waals surface area contributed by atoms with Gasteiger partial charge in [-0.25, -0.2) is 0 Å². The third-order valence-electron chi connectivity index (χ3n) is 5.94. The highest BCUT2D eigenvalue weighted by Gasteiger charge is 2.30. The number of nitrogens with one attached hydrogen (secondary N) is 1. The second-order valence-electron chi connectivity index (χ2n) is 8.72. The molecule has 0 aliphatic rings. The second-order valence-corrected chi connectivity index (χ2v) is 11.2. The van der Waals surface area contributed by atoms with E-state index in [0.29, 0.717) is 30.2 Å². The van der Waals surface area contributed by atoms with Crippen molar-refractivity contribution in [3.05, 3.63) is 99.5 Å². The molecule has 0 fully saturated rings. The minimum absolute atomic E-state index is 0.0286. The first-order valence-corrected chi connectivity index (χ1v) is 14.3. The van der Waals surface area contributed by atoms with Crippen LogP contribution in [0.4, 0.5) is 0 Å². The summed E-state index contributed by atoms with van der Waals surface area (Å²) in [6.07, 6.45) is 1.60. The zero-order valence-corrected chi connectivity index (χ0v) is 23.8. The maximum absolute atomic E-state index is 13.7. The minimum atomic E-state index is -0.613. The summed E-state index contributed by atoms with van der Waals surface area (Å²) in [6.45, 7) is 4.39. The van der Waals surface area contributed by atoms with E-state index in [1.807, 2.05) is 92.7 Å². The average molecular weight is 588 g/mol. The van der Waals surface area contributed by atoms with E-state index in [9.17, 15) is 9.59 Å². The first-order chi connectivity index (χ1) is 17.4. The fraction of sp³-hybridized carbons (Fsp3) is 0.310. The molecule has 0 spiro atoms. The number of nitrogens with zero attached hydrogens (tertiary/aromatic N) is 1. The van der Waals surface area contributed by atoms with Crippen molar-refractivity contribution in [2.45, 2.75) is 56.6 Å². The molecule has 0 radical (unpaired) electrons. The molecule has 0 saturated heterocycles. The van der Waals surface area contributed by atoms with Crippen molar-refractivity contribution in [2.75, 3.05) is 5.75 Å². The van der Waals surface area contributed by atoms with Gasteiger partial charge in [0.25, 0.3) is 0 Å². The lowest BCUT2D eigenvalue weighted by atomic mass is 10.0. The second kappa shape index (κ2) is 14.5. The summed E-state index contributed by atoms with van der Waals surface area (Å²) >= 11 is 11.1. The van der Waals surface area contributed by atoms with E-state index >= 15 is 0 Å². The molecule has 1 N–H and O–H groups in total. The molecule has 0 heterocycles. The normalized spacial score (nSPS) is 12.6. The van der Waals surface area contributed by atoms with Crippen LogP contribution in [-0.4, -0.2) is 34.6 Å². The number of amides is 2. The summed E-state index contributed by atoms with van der Waals surface area (Å²) in [5, 5.41) is 3.80. The summed E-state index contributed by atoms with van der Waals surface area (Å²) in [5.74, 6) is 0.450. The number of carbonyl (C=O) groups is 2. The predicted molar refractivity (Wildman–Crippen MR) is 153 cm³/mol. The van der Waals surface area contributed by atoms with Crippen LogP contribution >= 0.6 is 39.3 Å². The molecule has 190 valence electrons. The summed E-state index contributed by atoms with van der Waals surface area (Å²) < 4.78 is 0.971. The Morgan fingerprint density at radius 1 is 0.972 bits per heavy atom. The largest absolute Gasteiger partial charge is 0.352 e. The number of benzene rings is 3. The van der Waals surface area contributed by atoms with Crippen molar-refractivity contribution in [1.82, 2.24) is 10.2 Å². The lowest BCUT2D eigenvalue weighted by Crippen LogP contribution is -2.52. The van der Waals surface area contributed by atoms with Gasteiger partial charge in [-0.1, -0.05) is 76.9 Å². The Balaban J connectivity index is 1.84. The Labute approximate surface area is 231 Å². The molecule has 4 nitrogen and oxygen atoms in total. The molecule has 0 bridgehead atoms. The smallest absolute Gasteiger partial charge is 0.243 e. The average Bonchev–Trinajstić information content (AvgIpc) is 2.88. The monoisotopic (exact) mass is 586 g/mol. The molecule has 0 aliphatic heterocycles. The predicted octanol–water partition coefficient (Wildman–Crippen LogP) is 7.14. The molecule has 2 atom stereocenters. The summed E-state index contributed by atoms with van der Waals surface area (Å²) in [6, 6.07) is 24.8. The quantitative estimate of drug-likeness (QED) is 0.229. The minimum Gasteiger partial charge on any atom is -0.352 e. The topological polar surface area (TPSA) is 49.4 Å². The van der Waals surface area contributed by atoms with Crippen molar-refractivity contribution in [2.24, 2.45) is 0 Å². The van der Waals surface area contributed by atoms with Crippen LogP contribution in [-0.2, 0) is 22.6 Å². The zero-order chi connectivity index (χ0) is 25.9. The molecular formula is C29H32BrClN2O2S. The van der Waals surface area contributed by atoms with Crippen LogP contribution in [0.2, 0.25) is 5.02 Å². The highest BCUT2D eigenvalue weighted by Crippen LogP contribution is 2.23. The van der Waals surface area contributed by atoms with E-state index in [0.717, 1.165) is 26.9 Å². The van der Waals surface area contributed by atoms with Gasteiger partial charge < -0.3 is 10.2 Å². The summed E-state index contributed by atoms with van der Waals surface area (Å²) in [5.41, 5.74) is 2.00. The molecule has 0 saturated carbocycles. The molecule has 2 amide bonds. The molecule has 0 aliphatic carbocycles. The SMILES string of the molecule is CC[C@@H](C)NC(=O)[C@H](Cc1ccccc1)N(Cc1ccc(Br)cc1)C(=O)CCSc1ccc(Cl)cc1. The lowest BCUT2D eigenvalue weighted by Gasteiger charge is -2.32. The van der Waals surface area contributed by atoms with Gasteiger partial charge in [0.15, 0.2) is 0 Å². The fourth-order valence-corrected chi connectivity index (χ4v) is 4.94. The van der Waals surface area contributed by atoms with E-state index in [2.05, 4.69) is 21.2 Å². The van der Waals surface area contributed by atoms with E-state index in [4.69, 9.17) is 11.6 Å². The molecule has 7 heteroatoms. The summed E-state index contributed by atoms with van der Waals surface area (Å²) in [4.78, 5) is 30.0. The van der Waals surface area contributed by atoms with Gasteiger partial charge in [-0.15, -0.1) is 11.8 Å². The van der Waals surface area contributed by atoms with Crippen LogP contribution in [0, 0.1) is 0 Å². The number of rotatable bonds is 12. The Morgan fingerprint density at radius 3 is 2.28 bits per heavy atom. The number of hydrogen-bond acceptors (Lipinski definition) is 3. The Bertz CT molecular complexity index is 1110. The standard InChI is InChI=1S/C29H32BrClN2O2S/c1-3-21(2)32-29(35)27(19-22-7-5-4-6-8-22)33(20-23-9-11-24(30)12-10-23)28(34)17-18-36-26-15-13-25(31)14-16-26/h4-16,21,27H,3,17-20H2,1-2H3,(H,32,35)/t21-,27+/m1/s1. The van der Waals surface area contributed by atoms with Crippen molar-refractivity contribution in [3.8, 4) is 0 Å². The summed E-state index contributed by atoms with van der Waals surface area (Å²) in [7, 11) is 0. The highest BCUT2D eigenvalue weighted by atomic mass is 79.9. The van der Waals surface area contributed by atoms with Crippen LogP contribution in [0.5, 0.6) is 0 Å². The molecule has 3 rings (SSSR count). The van der Waals surface area contributed by atoms with E-state index in [1.165, 1.54) is 0 Å². The van der Waals surface area contributed by atoms with Crippen LogP contribution in [0.3, 0.4) is 0 Å². The first-order valence-electron chi connectivity index (χ1n) is 12.1. The van der Waals surface area contributed by atoms with E-state index < -0.39 is 6.04 Å². The van der Waals surface area contributed by atoms with Crippen molar-refractivity contribution in [3.63, 3.8) is 0 Å². The molecule has 0 unspecified atom stereocenters. The van der Waals surface area contributed by atoms with Crippen molar-refractivity contribution < 1.29 is 9.59 Å². The van der Waals surface area contributed by atoms with E-state index in [1.54, 1.807) is 16.7 Å². The van der Waals surface area contributed by atoms with Crippen LogP contribution in [0.15, 0.2) is 88.2 Å². The number of thioether (sulfide) groups is 1. The van der Waals surface area contributed by atoms with Gasteiger partial charge >= 0.3 is 0 Å². The van der Waals surface area contributed by atoms with Gasteiger partial charge in [-0.05, 0) is 60.9 Å².